The Morgan fingerprint density at radius 1 is 1.03 bits per heavy atom. The van der Waals surface area contributed by atoms with E-state index >= 15 is 0 Å². The fraction of sp³-hybridized carbons (Fsp3) is 0.231. The molecule has 7 heteroatoms. The summed E-state index contributed by atoms with van der Waals surface area (Å²) in [5.74, 6) is -0.945. The van der Waals surface area contributed by atoms with Gasteiger partial charge in [-0.3, -0.25) is 19.6 Å². The number of hydrogen-bond acceptors (Lipinski definition) is 6. The van der Waals surface area contributed by atoms with Crippen LogP contribution < -0.4 is 4.74 Å². The number of aliphatic hydroxyl groups is 1. The molecule has 1 fully saturated rings. The Morgan fingerprint density at radius 3 is 2.39 bits per heavy atom. The van der Waals surface area contributed by atoms with Crippen molar-refractivity contribution in [2.45, 2.75) is 32.4 Å². The number of pyridine rings is 2. The molecule has 7 nitrogen and oxygen atoms in total. The lowest BCUT2D eigenvalue weighted by molar-refractivity contribution is -0.140. The highest BCUT2D eigenvalue weighted by molar-refractivity contribution is 6.46. The molecule has 1 N–H and O–H groups in total. The van der Waals surface area contributed by atoms with E-state index in [1.807, 2.05) is 6.07 Å². The summed E-state index contributed by atoms with van der Waals surface area (Å²) in [6.07, 6.45) is 8.50. The van der Waals surface area contributed by atoms with Gasteiger partial charge in [-0.05, 0) is 53.9 Å². The number of carbonyl (C=O) groups excluding carboxylic acids is 2. The minimum absolute atomic E-state index is 0.0385. The maximum atomic E-state index is 13.1. The van der Waals surface area contributed by atoms with Crippen molar-refractivity contribution in [1.29, 1.82) is 0 Å². The van der Waals surface area contributed by atoms with Crippen LogP contribution in [0.2, 0.25) is 0 Å². The van der Waals surface area contributed by atoms with E-state index in [4.69, 9.17) is 4.74 Å². The molecule has 1 atom stereocenters. The topological polar surface area (TPSA) is 92.6 Å². The molecule has 0 bridgehead atoms. The molecule has 33 heavy (non-hydrogen) atoms. The van der Waals surface area contributed by atoms with Gasteiger partial charge in [-0.2, -0.15) is 0 Å². The molecule has 0 saturated carbocycles. The van der Waals surface area contributed by atoms with Gasteiger partial charge in [0.15, 0.2) is 0 Å². The van der Waals surface area contributed by atoms with Crippen LogP contribution in [0.15, 0.2) is 78.9 Å². The third kappa shape index (κ3) is 4.77. The number of nitrogens with zero attached hydrogens (tertiary/aromatic N) is 3. The number of unbranched alkanes of at least 4 members (excludes halogenated alkanes) is 1. The second-order valence-corrected chi connectivity index (χ2v) is 7.80. The van der Waals surface area contributed by atoms with Crippen molar-refractivity contribution in [3.63, 3.8) is 0 Å². The van der Waals surface area contributed by atoms with Gasteiger partial charge in [0, 0.05) is 36.9 Å². The van der Waals surface area contributed by atoms with Crippen LogP contribution in [0.25, 0.3) is 5.76 Å². The van der Waals surface area contributed by atoms with Gasteiger partial charge in [-0.25, -0.2) is 0 Å². The van der Waals surface area contributed by atoms with Gasteiger partial charge >= 0.3 is 0 Å². The summed E-state index contributed by atoms with van der Waals surface area (Å²) in [7, 11) is 0. The van der Waals surface area contributed by atoms with Gasteiger partial charge in [0.25, 0.3) is 11.7 Å². The second kappa shape index (κ2) is 10.1. The van der Waals surface area contributed by atoms with E-state index in [1.54, 1.807) is 67.3 Å². The van der Waals surface area contributed by atoms with E-state index in [-0.39, 0.29) is 17.9 Å². The predicted octanol–water partition coefficient (Wildman–Crippen LogP) is 4.28. The second-order valence-electron chi connectivity index (χ2n) is 7.80. The van der Waals surface area contributed by atoms with Crippen molar-refractivity contribution in [2.75, 3.05) is 6.61 Å². The smallest absolute Gasteiger partial charge is 0.295 e. The van der Waals surface area contributed by atoms with Gasteiger partial charge in [0.05, 0.1) is 18.2 Å². The van der Waals surface area contributed by atoms with Gasteiger partial charge in [0.2, 0.25) is 0 Å². The summed E-state index contributed by atoms with van der Waals surface area (Å²) in [5.41, 5.74) is 1.89. The molecule has 2 aromatic heterocycles. The minimum atomic E-state index is -0.764. The van der Waals surface area contributed by atoms with Crippen molar-refractivity contribution in [2.24, 2.45) is 0 Å². The Balaban J connectivity index is 1.72. The number of aliphatic hydroxyl groups excluding tert-OH is 1. The monoisotopic (exact) mass is 443 g/mol. The first-order valence-corrected chi connectivity index (χ1v) is 10.9. The number of benzene rings is 1. The molecule has 1 aliphatic heterocycles. The first-order valence-electron chi connectivity index (χ1n) is 10.9. The molecule has 0 spiro atoms. The largest absolute Gasteiger partial charge is 0.507 e. The fourth-order valence-electron chi connectivity index (χ4n) is 3.81. The van der Waals surface area contributed by atoms with E-state index in [1.165, 1.54) is 4.90 Å². The number of likely N-dealkylation sites (tertiary alicyclic amines) is 1. The van der Waals surface area contributed by atoms with Crippen LogP contribution in [0.3, 0.4) is 0 Å². The molecule has 1 aromatic carbocycles. The van der Waals surface area contributed by atoms with Crippen LogP contribution in [-0.2, 0) is 16.1 Å². The Morgan fingerprint density at radius 2 is 1.76 bits per heavy atom. The predicted molar refractivity (Wildman–Crippen MR) is 123 cm³/mol. The number of aromatic nitrogens is 2. The lowest BCUT2D eigenvalue weighted by Crippen LogP contribution is -2.29. The highest BCUT2D eigenvalue weighted by atomic mass is 16.5. The summed E-state index contributed by atoms with van der Waals surface area (Å²) in [5, 5.41) is 11.1. The van der Waals surface area contributed by atoms with Crippen LogP contribution in [0.5, 0.6) is 5.75 Å². The van der Waals surface area contributed by atoms with Gasteiger partial charge in [0.1, 0.15) is 11.5 Å². The first kappa shape index (κ1) is 22.2. The van der Waals surface area contributed by atoms with E-state index < -0.39 is 17.7 Å². The summed E-state index contributed by atoms with van der Waals surface area (Å²) >= 11 is 0. The number of ketones is 1. The van der Waals surface area contributed by atoms with Gasteiger partial charge in [-0.15, -0.1) is 0 Å². The van der Waals surface area contributed by atoms with Crippen molar-refractivity contribution >= 4 is 17.4 Å². The number of hydrogen-bond donors (Lipinski definition) is 1. The number of carbonyl (C=O) groups is 2. The lowest BCUT2D eigenvalue weighted by Gasteiger charge is -2.25. The standard InChI is InChI=1S/C26H25N3O4/c1-2-3-14-33-21-10-8-19(9-11-21)24(30)22-23(20-7-5-13-28-16-20)29(26(32)25(22)31)17-18-6-4-12-27-15-18/h4-13,15-16,23,30H,2-3,14,17H2,1H3/b24-22-. The fourth-order valence-corrected chi connectivity index (χ4v) is 3.81. The molecule has 1 amide bonds. The molecule has 0 aliphatic carbocycles. The quantitative estimate of drug-likeness (QED) is 0.242. The lowest BCUT2D eigenvalue weighted by atomic mass is 9.96. The molecule has 0 radical (unpaired) electrons. The molecule has 1 saturated heterocycles. The number of Topliss-reactive ketones (excluding diaryl/α,β-unsaturated/α-hetero) is 1. The van der Waals surface area contributed by atoms with Crippen LogP contribution in [0.1, 0.15) is 42.5 Å². The Bertz CT molecular complexity index is 1150. The Labute approximate surface area is 192 Å². The van der Waals surface area contributed by atoms with Crippen LogP contribution in [-0.4, -0.2) is 38.3 Å². The van der Waals surface area contributed by atoms with Crippen LogP contribution in [0.4, 0.5) is 0 Å². The summed E-state index contributed by atoms with van der Waals surface area (Å²) in [6.45, 7) is 2.88. The van der Waals surface area contributed by atoms with E-state index in [9.17, 15) is 14.7 Å². The summed E-state index contributed by atoms with van der Waals surface area (Å²) < 4.78 is 5.68. The molecule has 1 unspecified atom stereocenters. The van der Waals surface area contributed by atoms with Gasteiger partial charge < -0.3 is 14.7 Å². The number of amides is 1. The Kier molecular flexibility index (Phi) is 6.78. The van der Waals surface area contributed by atoms with Gasteiger partial charge in [-0.1, -0.05) is 25.5 Å². The molecule has 1 aliphatic rings. The highest BCUT2D eigenvalue weighted by Gasteiger charge is 2.46. The maximum absolute atomic E-state index is 13.1. The zero-order valence-electron chi connectivity index (χ0n) is 18.3. The maximum Gasteiger partial charge on any atom is 0.295 e. The normalized spacial score (nSPS) is 17.4. The molecular weight excluding hydrogens is 418 g/mol. The van der Waals surface area contributed by atoms with E-state index in [0.717, 1.165) is 18.4 Å². The first-order chi connectivity index (χ1) is 16.1. The zero-order chi connectivity index (χ0) is 23.2. The highest BCUT2D eigenvalue weighted by Crippen LogP contribution is 2.40. The SMILES string of the molecule is CCCCOc1ccc(/C(O)=C2/C(=O)C(=O)N(Cc3cccnc3)C2c2cccnc2)cc1. The molecule has 4 rings (SSSR count). The average molecular weight is 444 g/mol. The van der Waals surface area contributed by atoms with Crippen molar-refractivity contribution < 1.29 is 19.4 Å². The molecule has 3 aromatic rings. The number of rotatable bonds is 8. The summed E-state index contributed by atoms with van der Waals surface area (Å²) in [6, 6.07) is 13.2. The van der Waals surface area contributed by atoms with Crippen molar-refractivity contribution in [3.8, 4) is 5.75 Å². The zero-order valence-corrected chi connectivity index (χ0v) is 18.3. The molecule has 3 heterocycles. The van der Waals surface area contributed by atoms with E-state index in [2.05, 4.69) is 16.9 Å². The minimum Gasteiger partial charge on any atom is -0.507 e. The Hall–Kier alpha value is -4.00. The third-order valence-corrected chi connectivity index (χ3v) is 5.51. The van der Waals surface area contributed by atoms with E-state index in [0.29, 0.717) is 23.5 Å². The summed E-state index contributed by atoms with van der Waals surface area (Å²) in [4.78, 5) is 35.8. The van der Waals surface area contributed by atoms with Crippen molar-refractivity contribution in [1.82, 2.24) is 14.9 Å². The number of ether oxygens (including phenoxy) is 1. The van der Waals surface area contributed by atoms with Crippen LogP contribution in [0, 0.1) is 0 Å². The molecular formula is C26H25N3O4. The van der Waals surface area contributed by atoms with Crippen molar-refractivity contribution in [3.05, 3.63) is 95.6 Å². The van der Waals surface area contributed by atoms with Crippen LogP contribution >= 0.6 is 0 Å². The average Bonchev–Trinajstić information content (AvgIpc) is 3.10. The molecule has 168 valence electrons. The third-order valence-electron chi connectivity index (χ3n) is 5.51.